The van der Waals surface area contributed by atoms with Crippen molar-refractivity contribution < 1.29 is 26.4 Å². The molecule has 3 rings (SSSR count). The molecule has 1 heterocycles. The van der Waals surface area contributed by atoms with Crippen LogP contribution in [0.15, 0.2) is 58.3 Å². The normalized spacial score (nSPS) is 15.5. The molecule has 1 fully saturated rings. The number of hydrogen-bond acceptors (Lipinski definition) is 6. The van der Waals surface area contributed by atoms with E-state index in [1.807, 2.05) is 0 Å². The quantitative estimate of drug-likeness (QED) is 0.537. The van der Waals surface area contributed by atoms with Crippen LogP contribution in [0.25, 0.3) is 0 Å². The minimum atomic E-state index is -3.81. The van der Waals surface area contributed by atoms with Crippen molar-refractivity contribution in [1.82, 2.24) is 9.62 Å². The number of sulfone groups is 1. The first kappa shape index (κ1) is 25.2. The first-order valence-electron chi connectivity index (χ1n) is 11.0. The Hall–Kier alpha value is -2.43. The van der Waals surface area contributed by atoms with Crippen LogP contribution >= 0.6 is 0 Å². The Labute approximate surface area is 195 Å². The summed E-state index contributed by atoms with van der Waals surface area (Å²) in [4.78, 5) is 12.8. The van der Waals surface area contributed by atoms with Gasteiger partial charge in [0.25, 0.3) is 5.91 Å². The molecule has 0 bridgehead atoms. The largest absolute Gasteiger partial charge is 0.495 e. The van der Waals surface area contributed by atoms with Gasteiger partial charge in [-0.3, -0.25) is 4.79 Å². The van der Waals surface area contributed by atoms with Gasteiger partial charge in [-0.15, -0.1) is 0 Å². The highest BCUT2D eigenvalue weighted by atomic mass is 32.2. The van der Waals surface area contributed by atoms with Crippen LogP contribution in [0.5, 0.6) is 5.75 Å². The van der Waals surface area contributed by atoms with E-state index in [1.54, 1.807) is 18.2 Å². The van der Waals surface area contributed by atoms with Crippen molar-refractivity contribution in [2.75, 3.05) is 32.5 Å². The highest BCUT2D eigenvalue weighted by Crippen LogP contribution is 2.29. The Morgan fingerprint density at radius 3 is 2.27 bits per heavy atom. The molecule has 2 aromatic rings. The smallest absolute Gasteiger partial charge is 0.251 e. The third-order valence-corrected chi connectivity index (χ3v) is 9.32. The van der Waals surface area contributed by atoms with E-state index in [1.165, 1.54) is 41.7 Å². The summed E-state index contributed by atoms with van der Waals surface area (Å²) in [6.45, 7) is 1.03. The third-order valence-electron chi connectivity index (χ3n) is 5.59. The maximum absolute atomic E-state index is 13.2. The molecule has 1 aliphatic rings. The number of hydrogen-bond donors (Lipinski definition) is 1. The predicted molar refractivity (Wildman–Crippen MR) is 126 cm³/mol. The zero-order chi connectivity index (χ0) is 23.9. The van der Waals surface area contributed by atoms with Crippen molar-refractivity contribution >= 4 is 25.8 Å². The van der Waals surface area contributed by atoms with Gasteiger partial charge in [0.1, 0.15) is 10.6 Å². The monoisotopic (exact) mass is 494 g/mol. The number of methoxy groups -OCH3 is 1. The van der Waals surface area contributed by atoms with E-state index in [0.717, 1.165) is 25.7 Å². The summed E-state index contributed by atoms with van der Waals surface area (Å²) < 4.78 is 57.9. The average molecular weight is 495 g/mol. The molecule has 1 aliphatic heterocycles. The van der Waals surface area contributed by atoms with Gasteiger partial charge in [0, 0.05) is 25.2 Å². The average Bonchev–Trinajstić information content (AvgIpc) is 3.12. The summed E-state index contributed by atoms with van der Waals surface area (Å²) in [5.74, 6) is -0.388. The number of carbonyl (C=O) groups excluding carboxylic acids is 1. The summed E-state index contributed by atoms with van der Waals surface area (Å²) >= 11 is 0. The summed E-state index contributed by atoms with van der Waals surface area (Å²) in [6.07, 6.45) is 3.82. The molecular weight excluding hydrogens is 464 g/mol. The lowest BCUT2D eigenvalue weighted by Gasteiger charge is -2.21. The van der Waals surface area contributed by atoms with Crippen LogP contribution in [0.2, 0.25) is 0 Å². The maximum atomic E-state index is 13.2. The molecule has 180 valence electrons. The van der Waals surface area contributed by atoms with Crippen molar-refractivity contribution in [1.29, 1.82) is 0 Å². The van der Waals surface area contributed by atoms with Gasteiger partial charge < -0.3 is 10.1 Å². The molecule has 1 N–H and O–H groups in total. The zero-order valence-corrected chi connectivity index (χ0v) is 20.3. The zero-order valence-electron chi connectivity index (χ0n) is 18.7. The maximum Gasteiger partial charge on any atom is 0.251 e. The number of nitrogens with zero attached hydrogens (tertiary/aromatic N) is 1. The van der Waals surface area contributed by atoms with Crippen LogP contribution in [0.1, 0.15) is 42.5 Å². The predicted octanol–water partition coefficient (Wildman–Crippen LogP) is 2.85. The minimum Gasteiger partial charge on any atom is -0.495 e. The molecular formula is C23H30N2O6S2. The van der Waals surface area contributed by atoms with Crippen LogP contribution in [0.4, 0.5) is 0 Å². The summed E-state index contributed by atoms with van der Waals surface area (Å²) in [5, 5.41) is 2.68. The van der Waals surface area contributed by atoms with Crippen LogP contribution < -0.4 is 10.1 Å². The Morgan fingerprint density at radius 1 is 0.970 bits per heavy atom. The lowest BCUT2D eigenvalue weighted by molar-refractivity contribution is 0.0953. The minimum absolute atomic E-state index is 0.0359. The van der Waals surface area contributed by atoms with Gasteiger partial charge >= 0.3 is 0 Å². The molecule has 2 aromatic carbocycles. The third kappa shape index (κ3) is 6.33. The van der Waals surface area contributed by atoms with E-state index in [0.29, 0.717) is 13.1 Å². The summed E-state index contributed by atoms with van der Waals surface area (Å²) in [6, 6.07) is 12.4. The highest BCUT2D eigenvalue weighted by Gasteiger charge is 2.29. The number of amides is 1. The van der Waals surface area contributed by atoms with Crippen molar-refractivity contribution in [2.24, 2.45) is 0 Å². The van der Waals surface area contributed by atoms with E-state index in [9.17, 15) is 21.6 Å². The molecule has 0 spiro atoms. The molecule has 0 unspecified atom stereocenters. The number of sulfonamides is 1. The molecule has 1 saturated heterocycles. The van der Waals surface area contributed by atoms with Crippen molar-refractivity contribution in [3.63, 3.8) is 0 Å². The number of rotatable bonds is 9. The van der Waals surface area contributed by atoms with E-state index in [4.69, 9.17) is 4.74 Å². The second-order valence-electron chi connectivity index (χ2n) is 7.93. The molecule has 8 nitrogen and oxygen atoms in total. The number of ether oxygens (including phenoxy) is 1. The van der Waals surface area contributed by atoms with Gasteiger partial charge in [-0.25, -0.2) is 16.8 Å². The Balaban J connectivity index is 1.67. The second kappa shape index (κ2) is 11.1. The van der Waals surface area contributed by atoms with Crippen LogP contribution in [0, 0.1) is 0 Å². The van der Waals surface area contributed by atoms with Crippen LogP contribution in [-0.2, 0) is 19.9 Å². The second-order valence-corrected chi connectivity index (χ2v) is 11.9. The number of carbonyl (C=O) groups is 1. The van der Waals surface area contributed by atoms with Crippen molar-refractivity contribution in [3.8, 4) is 5.75 Å². The van der Waals surface area contributed by atoms with E-state index >= 15 is 0 Å². The molecule has 0 radical (unpaired) electrons. The Morgan fingerprint density at radius 2 is 1.64 bits per heavy atom. The summed E-state index contributed by atoms with van der Waals surface area (Å²) in [7, 11) is -5.84. The molecule has 10 heteroatoms. The van der Waals surface area contributed by atoms with E-state index in [2.05, 4.69) is 5.32 Å². The SMILES string of the molecule is COc1ccc(C(=O)NCCCS(=O)(=O)c2ccccc2)cc1S(=O)(=O)N1CCCCCC1. The molecule has 33 heavy (non-hydrogen) atoms. The molecule has 1 amide bonds. The molecule has 0 atom stereocenters. The van der Waals surface area contributed by atoms with Crippen molar-refractivity contribution in [2.45, 2.75) is 41.9 Å². The topological polar surface area (TPSA) is 110 Å². The molecule has 0 aliphatic carbocycles. The Bertz CT molecular complexity index is 1160. The fourth-order valence-electron chi connectivity index (χ4n) is 3.75. The van der Waals surface area contributed by atoms with Gasteiger partial charge in [0.05, 0.1) is 17.8 Å². The fourth-order valence-corrected chi connectivity index (χ4v) is 6.78. The molecule has 0 saturated carbocycles. The Kier molecular flexibility index (Phi) is 8.50. The van der Waals surface area contributed by atoms with Crippen molar-refractivity contribution in [3.05, 3.63) is 54.1 Å². The summed E-state index contributed by atoms with van der Waals surface area (Å²) in [5.41, 5.74) is 0.176. The number of nitrogens with one attached hydrogen (secondary N) is 1. The standard InChI is InChI=1S/C23H30N2O6S2/c1-31-21-13-12-19(18-22(21)33(29,30)25-15-7-2-3-8-16-25)23(26)24-14-9-17-32(27,28)20-10-5-4-6-11-20/h4-6,10-13,18H,2-3,7-9,14-17H2,1H3,(H,24,26). The first-order chi connectivity index (χ1) is 15.8. The van der Waals surface area contributed by atoms with Crippen LogP contribution in [0.3, 0.4) is 0 Å². The first-order valence-corrected chi connectivity index (χ1v) is 14.1. The van der Waals surface area contributed by atoms with Gasteiger partial charge in [0.15, 0.2) is 9.84 Å². The van der Waals surface area contributed by atoms with Gasteiger partial charge in [-0.05, 0) is 49.6 Å². The van der Waals surface area contributed by atoms with E-state index < -0.39 is 25.8 Å². The highest BCUT2D eigenvalue weighted by molar-refractivity contribution is 7.91. The lowest BCUT2D eigenvalue weighted by atomic mass is 10.2. The van der Waals surface area contributed by atoms with Crippen LogP contribution in [-0.4, -0.2) is 59.5 Å². The number of benzene rings is 2. The van der Waals surface area contributed by atoms with Gasteiger partial charge in [0.2, 0.25) is 10.0 Å². The molecule has 0 aromatic heterocycles. The lowest BCUT2D eigenvalue weighted by Crippen LogP contribution is -2.32. The van der Waals surface area contributed by atoms with E-state index in [-0.39, 0.29) is 39.8 Å². The fraction of sp³-hybridized carbons (Fsp3) is 0.435. The van der Waals surface area contributed by atoms with Gasteiger partial charge in [-0.1, -0.05) is 31.0 Å². The van der Waals surface area contributed by atoms with Gasteiger partial charge in [-0.2, -0.15) is 4.31 Å².